The minimum atomic E-state index is -1.03. The third-order valence-electron chi connectivity index (χ3n) is 6.01. The van der Waals surface area contributed by atoms with Crippen LogP contribution in [-0.4, -0.2) is 47.2 Å². The summed E-state index contributed by atoms with van der Waals surface area (Å²) in [5.41, 5.74) is 3.50. The van der Waals surface area contributed by atoms with E-state index in [0.717, 1.165) is 5.56 Å². The Morgan fingerprint density at radius 2 is 1.82 bits per heavy atom. The number of carboxylic acids is 1. The number of rotatable bonds is 9. The number of nitrogens with one attached hydrogen (secondary N) is 2. The summed E-state index contributed by atoms with van der Waals surface area (Å²) in [6, 6.07) is 20.5. The summed E-state index contributed by atoms with van der Waals surface area (Å²) in [5.74, 6) is -0.949. The number of carbonyl (C=O) groups is 2. The molecule has 1 amide bonds. The van der Waals surface area contributed by atoms with Crippen molar-refractivity contribution in [1.82, 2.24) is 35.5 Å². The van der Waals surface area contributed by atoms with Crippen molar-refractivity contribution in [3.8, 4) is 16.9 Å². The fourth-order valence-corrected chi connectivity index (χ4v) is 4.52. The van der Waals surface area contributed by atoms with E-state index >= 15 is 0 Å². The molecule has 0 saturated carbocycles. The number of aromatic amines is 1. The number of carboxylic acid groups (broad SMARTS) is 1. The van der Waals surface area contributed by atoms with Crippen LogP contribution < -0.4 is 5.32 Å². The van der Waals surface area contributed by atoms with Gasteiger partial charge in [-0.1, -0.05) is 65.7 Å². The van der Waals surface area contributed by atoms with Gasteiger partial charge >= 0.3 is 5.97 Å². The van der Waals surface area contributed by atoms with Crippen molar-refractivity contribution in [3.63, 3.8) is 0 Å². The van der Waals surface area contributed by atoms with Crippen molar-refractivity contribution in [1.29, 1.82) is 0 Å². The number of aromatic carboxylic acids is 1. The predicted octanol–water partition coefficient (Wildman–Crippen LogP) is 5.17. The van der Waals surface area contributed by atoms with Gasteiger partial charge in [0, 0.05) is 22.2 Å². The summed E-state index contributed by atoms with van der Waals surface area (Å²) in [6.45, 7) is 0. The zero-order valence-electron chi connectivity index (χ0n) is 20.7. The van der Waals surface area contributed by atoms with E-state index in [1.807, 2.05) is 30.3 Å². The van der Waals surface area contributed by atoms with Crippen molar-refractivity contribution < 1.29 is 14.7 Å². The molecule has 12 heteroatoms. The van der Waals surface area contributed by atoms with Crippen LogP contribution in [0.4, 0.5) is 0 Å². The molecule has 3 aromatic carbocycles. The average Bonchev–Trinajstić information content (AvgIpc) is 3.62. The molecule has 2 aromatic heterocycles. The SMILES string of the molecule is O=C(/C=C/c1cc(Cl)ccc1-n1cnnn1)N[C@@H](Cc1ccccc1)c1nc(-c2ccc(C(=O)O)cc2)c(Cl)[nH]1. The lowest BCUT2D eigenvalue weighted by Gasteiger charge is -2.16. The van der Waals surface area contributed by atoms with Crippen LogP contribution in [0.5, 0.6) is 0 Å². The van der Waals surface area contributed by atoms with Gasteiger partial charge in [-0.2, -0.15) is 4.68 Å². The second kappa shape index (κ2) is 11.9. The first-order valence-electron chi connectivity index (χ1n) is 12.0. The molecule has 0 aliphatic rings. The largest absolute Gasteiger partial charge is 0.478 e. The summed E-state index contributed by atoms with van der Waals surface area (Å²) in [5, 5.41) is 24.2. The summed E-state index contributed by atoms with van der Waals surface area (Å²) in [7, 11) is 0. The first kappa shape index (κ1) is 26.8. The van der Waals surface area contributed by atoms with E-state index < -0.39 is 12.0 Å². The topological polar surface area (TPSA) is 139 Å². The molecule has 10 nitrogen and oxygen atoms in total. The molecule has 0 aliphatic carbocycles. The predicted molar refractivity (Wildman–Crippen MR) is 150 cm³/mol. The van der Waals surface area contributed by atoms with Crippen LogP contribution in [0.25, 0.3) is 23.0 Å². The molecule has 0 saturated heterocycles. The minimum absolute atomic E-state index is 0.152. The summed E-state index contributed by atoms with van der Waals surface area (Å²) >= 11 is 12.7. The van der Waals surface area contributed by atoms with E-state index in [0.29, 0.717) is 39.8 Å². The molecule has 3 N–H and O–H groups in total. The van der Waals surface area contributed by atoms with Crippen molar-refractivity contribution in [2.75, 3.05) is 0 Å². The fraction of sp³-hybridized carbons (Fsp3) is 0.0714. The monoisotopic (exact) mass is 573 g/mol. The summed E-state index contributed by atoms with van der Waals surface area (Å²) in [4.78, 5) is 32.1. The Morgan fingerprint density at radius 3 is 2.52 bits per heavy atom. The standard InChI is InChI=1S/C28H21Cl2N7O3/c29-21-11-12-23(37-16-31-35-36-37)20(15-21)10-13-24(38)32-22(14-17-4-2-1-3-5-17)27-33-25(26(30)34-27)18-6-8-19(9-7-18)28(39)40/h1-13,15-16,22H,14H2,(H,32,38)(H,33,34)(H,39,40)/b13-10+/t22-/m0/s1. The first-order chi connectivity index (χ1) is 19.4. The van der Waals surface area contributed by atoms with Gasteiger partial charge in [-0.3, -0.25) is 4.79 Å². The molecule has 0 fully saturated rings. The molecule has 5 rings (SSSR count). The average molecular weight is 574 g/mol. The molecule has 1 atom stereocenters. The molecule has 40 heavy (non-hydrogen) atoms. The van der Waals surface area contributed by atoms with E-state index in [9.17, 15) is 14.7 Å². The molecular weight excluding hydrogens is 553 g/mol. The number of halogens is 2. The van der Waals surface area contributed by atoms with Crippen molar-refractivity contribution >= 4 is 41.2 Å². The van der Waals surface area contributed by atoms with Crippen LogP contribution in [0.3, 0.4) is 0 Å². The molecule has 0 spiro atoms. The molecule has 0 bridgehead atoms. The lowest BCUT2D eigenvalue weighted by Crippen LogP contribution is -2.29. The Hall–Kier alpha value is -4.80. The van der Waals surface area contributed by atoms with Crippen LogP contribution in [0.2, 0.25) is 10.2 Å². The van der Waals surface area contributed by atoms with Gasteiger partial charge in [0.15, 0.2) is 0 Å². The lowest BCUT2D eigenvalue weighted by molar-refractivity contribution is -0.117. The molecule has 2 heterocycles. The van der Waals surface area contributed by atoms with Gasteiger partial charge in [0.05, 0.1) is 17.3 Å². The normalized spacial score (nSPS) is 11.9. The van der Waals surface area contributed by atoms with Crippen LogP contribution in [0, 0.1) is 0 Å². The third-order valence-corrected chi connectivity index (χ3v) is 6.52. The maximum atomic E-state index is 13.1. The van der Waals surface area contributed by atoms with E-state index in [1.54, 1.807) is 36.4 Å². The van der Waals surface area contributed by atoms with E-state index in [-0.39, 0.29) is 16.6 Å². The van der Waals surface area contributed by atoms with Gasteiger partial charge in [-0.05, 0) is 58.8 Å². The van der Waals surface area contributed by atoms with Crippen LogP contribution >= 0.6 is 23.2 Å². The van der Waals surface area contributed by atoms with Gasteiger partial charge in [0.2, 0.25) is 5.91 Å². The van der Waals surface area contributed by atoms with Crippen LogP contribution in [0.1, 0.15) is 33.4 Å². The molecule has 0 unspecified atom stereocenters. The van der Waals surface area contributed by atoms with Crippen molar-refractivity contribution in [2.24, 2.45) is 0 Å². The summed E-state index contributed by atoms with van der Waals surface area (Å²) in [6.07, 6.45) is 4.91. The Labute approximate surface area is 238 Å². The number of hydrogen-bond donors (Lipinski definition) is 3. The van der Waals surface area contributed by atoms with Gasteiger partial charge in [-0.15, -0.1) is 5.10 Å². The highest BCUT2D eigenvalue weighted by Crippen LogP contribution is 2.29. The maximum absolute atomic E-state index is 13.1. The molecule has 200 valence electrons. The maximum Gasteiger partial charge on any atom is 0.335 e. The first-order valence-corrected chi connectivity index (χ1v) is 12.8. The zero-order valence-corrected chi connectivity index (χ0v) is 22.2. The molecule has 0 aliphatic heterocycles. The number of benzene rings is 3. The Balaban J connectivity index is 1.42. The van der Waals surface area contributed by atoms with Crippen LogP contribution in [-0.2, 0) is 11.2 Å². The number of nitrogens with zero attached hydrogens (tertiary/aromatic N) is 5. The lowest BCUT2D eigenvalue weighted by atomic mass is 10.1. The smallest absolute Gasteiger partial charge is 0.335 e. The second-order valence-corrected chi connectivity index (χ2v) is 9.52. The van der Waals surface area contributed by atoms with Gasteiger partial charge < -0.3 is 15.4 Å². The third kappa shape index (κ3) is 6.25. The summed E-state index contributed by atoms with van der Waals surface area (Å²) < 4.78 is 1.47. The number of carbonyl (C=O) groups excluding carboxylic acids is 1. The van der Waals surface area contributed by atoms with E-state index in [1.165, 1.54) is 29.2 Å². The highest BCUT2D eigenvalue weighted by molar-refractivity contribution is 6.32. The number of hydrogen-bond acceptors (Lipinski definition) is 6. The number of tetrazole rings is 1. The van der Waals surface area contributed by atoms with Crippen molar-refractivity contribution in [2.45, 2.75) is 12.5 Å². The van der Waals surface area contributed by atoms with Gasteiger partial charge in [0.25, 0.3) is 0 Å². The zero-order chi connectivity index (χ0) is 28.1. The van der Waals surface area contributed by atoms with Gasteiger partial charge in [-0.25, -0.2) is 9.78 Å². The highest BCUT2D eigenvalue weighted by atomic mass is 35.5. The molecule has 5 aromatic rings. The fourth-order valence-electron chi connectivity index (χ4n) is 4.09. The van der Waals surface area contributed by atoms with Crippen LogP contribution in [0.15, 0.2) is 85.2 Å². The van der Waals surface area contributed by atoms with Crippen molar-refractivity contribution in [3.05, 3.63) is 118 Å². The van der Waals surface area contributed by atoms with Gasteiger partial charge in [0.1, 0.15) is 23.0 Å². The van der Waals surface area contributed by atoms with E-state index in [2.05, 4.69) is 30.8 Å². The number of amides is 1. The molecular formula is C28H21Cl2N7O3. The molecule has 0 radical (unpaired) electrons. The second-order valence-electron chi connectivity index (χ2n) is 8.71. The minimum Gasteiger partial charge on any atom is -0.478 e. The van der Waals surface area contributed by atoms with E-state index in [4.69, 9.17) is 23.2 Å². The quantitative estimate of drug-likeness (QED) is 0.207. The Morgan fingerprint density at radius 1 is 1.05 bits per heavy atom. The Bertz CT molecular complexity index is 1670. The highest BCUT2D eigenvalue weighted by Gasteiger charge is 2.21. The number of imidazole rings is 1. The number of H-pyrrole nitrogens is 1. The number of aromatic nitrogens is 6. The Kier molecular flexibility index (Phi) is 7.99.